The van der Waals surface area contributed by atoms with Gasteiger partial charge in [0, 0.05) is 108 Å². The van der Waals surface area contributed by atoms with Gasteiger partial charge in [-0.05, 0) is 88.9 Å². The number of hydrogen-bond donors (Lipinski definition) is 3. The van der Waals surface area contributed by atoms with Gasteiger partial charge in [-0.25, -0.2) is 0 Å². The maximum atomic E-state index is 13.6. The Morgan fingerprint density at radius 1 is 0.657 bits per heavy atom. The number of nitrogens with one attached hydrogen (secondary N) is 3. The number of benzene rings is 4. The highest BCUT2D eigenvalue weighted by molar-refractivity contribution is 9.10. The van der Waals surface area contributed by atoms with Crippen molar-refractivity contribution in [3.05, 3.63) is 149 Å². The standard InChI is InChI=1S/C51H51Br2Cl2N7O5/c52-38-8-14-42-37(30-38)29-36(7-1-34-2-10-40(54)11-3-34)48(42)50(65)56-17-20-60-25-27-62(28-26-60)46(63)33-67-47(64)32-61-23-21-59(22-24-61)19-18-57-51(66)49-43-15-9-39(53)31-45(43)58-44(49)16-6-35-4-12-41(55)13-5-35/h1-16,30-31,58H,17-29,32-33H2,(H,56,65)(H,57,66)/b7-1+,16-6+. The van der Waals surface area contributed by atoms with Crippen molar-refractivity contribution >= 4 is 113 Å². The summed E-state index contributed by atoms with van der Waals surface area (Å²) in [5.41, 5.74) is 7.80. The molecule has 2 saturated heterocycles. The number of ether oxygens (including phenoxy) is 1. The van der Waals surface area contributed by atoms with Gasteiger partial charge in [-0.15, -0.1) is 0 Å². The van der Waals surface area contributed by atoms with Crippen molar-refractivity contribution in [1.82, 2.24) is 35.2 Å². The van der Waals surface area contributed by atoms with Crippen molar-refractivity contribution in [3.8, 4) is 0 Å². The van der Waals surface area contributed by atoms with Gasteiger partial charge in [0.1, 0.15) is 0 Å². The highest BCUT2D eigenvalue weighted by Gasteiger charge is 2.27. The van der Waals surface area contributed by atoms with Gasteiger partial charge in [-0.2, -0.15) is 0 Å². The van der Waals surface area contributed by atoms with Crippen molar-refractivity contribution < 1.29 is 23.9 Å². The first-order valence-electron chi connectivity index (χ1n) is 22.3. The van der Waals surface area contributed by atoms with Crippen LogP contribution in [-0.4, -0.2) is 140 Å². The van der Waals surface area contributed by atoms with Crippen LogP contribution in [0.5, 0.6) is 0 Å². The fourth-order valence-electron chi connectivity index (χ4n) is 8.60. The van der Waals surface area contributed by atoms with Gasteiger partial charge in [0.15, 0.2) is 6.61 Å². The number of rotatable bonds is 16. The van der Waals surface area contributed by atoms with E-state index >= 15 is 0 Å². The first-order valence-corrected chi connectivity index (χ1v) is 24.7. The monoisotopic (exact) mass is 1070 g/mol. The number of halogens is 4. The third-order valence-electron chi connectivity index (χ3n) is 12.3. The van der Waals surface area contributed by atoms with Gasteiger partial charge in [-0.1, -0.05) is 110 Å². The number of nitrogens with zero attached hydrogens (tertiary/aromatic N) is 4. The van der Waals surface area contributed by atoms with Crippen LogP contribution in [-0.2, 0) is 25.5 Å². The summed E-state index contributed by atoms with van der Waals surface area (Å²) in [7, 11) is 0. The number of hydrogen-bond acceptors (Lipinski definition) is 8. The summed E-state index contributed by atoms with van der Waals surface area (Å²) in [6.07, 6.45) is 8.53. The number of H-pyrrole nitrogens is 1. The molecule has 3 heterocycles. The summed E-state index contributed by atoms with van der Waals surface area (Å²) in [6, 6.07) is 26.9. The van der Waals surface area contributed by atoms with Gasteiger partial charge in [-0.3, -0.25) is 33.9 Å². The predicted molar refractivity (Wildman–Crippen MR) is 274 cm³/mol. The van der Waals surface area contributed by atoms with E-state index in [2.05, 4.69) is 63.3 Å². The number of aromatic nitrogens is 1. The largest absolute Gasteiger partial charge is 0.455 e. The Morgan fingerprint density at radius 2 is 1.22 bits per heavy atom. The molecule has 3 aliphatic rings. The fraction of sp³-hybridized carbons (Fsp3) is 0.294. The third kappa shape index (κ3) is 12.9. The number of piperazine rings is 2. The molecule has 8 rings (SSSR count). The molecule has 16 heteroatoms. The third-order valence-corrected chi connectivity index (χ3v) is 13.8. The number of aromatic amines is 1. The zero-order valence-corrected chi connectivity index (χ0v) is 41.5. The molecule has 0 unspecified atom stereocenters. The van der Waals surface area contributed by atoms with E-state index in [4.69, 9.17) is 27.9 Å². The second kappa shape index (κ2) is 22.8. The zero-order chi connectivity index (χ0) is 46.9. The summed E-state index contributed by atoms with van der Waals surface area (Å²) in [4.78, 5) is 64.7. The lowest BCUT2D eigenvalue weighted by molar-refractivity contribution is -0.153. The van der Waals surface area contributed by atoms with Crippen LogP contribution >= 0.6 is 55.1 Å². The van der Waals surface area contributed by atoms with Crippen LogP contribution in [0.15, 0.2) is 106 Å². The number of esters is 1. The fourth-order valence-corrected chi connectivity index (χ4v) is 9.62. The lowest BCUT2D eigenvalue weighted by atomic mass is 10.0. The summed E-state index contributed by atoms with van der Waals surface area (Å²) in [5, 5.41) is 8.41. The molecule has 67 heavy (non-hydrogen) atoms. The number of carbonyl (C=O) groups is 4. The van der Waals surface area contributed by atoms with Crippen LogP contribution in [0.4, 0.5) is 0 Å². The van der Waals surface area contributed by atoms with E-state index in [1.54, 1.807) is 4.90 Å². The minimum absolute atomic E-state index is 0.110. The van der Waals surface area contributed by atoms with E-state index in [1.807, 2.05) is 108 Å². The highest BCUT2D eigenvalue weighted by atomic mass is 79.9. The molecule has 1 aliphatic carbocycles. The summed E-state index contributed by atoms with van der Waals surface area (Å²) in [6.45, 7) is 7.23. The second-order valence-electron chi connectivity index (χ2n) is 16.8. The summed E-state index contributed by atoms with van der Waals surface area (Å²) in [5.74, 6) is -0.904. The maximum absolute atomic E-state index is 13.6. The second-order valence-corrected chi connectivity index (χ2v) is 19.5. The molecule has 0 saturated carbocycles. The molecule has 5 aromatic rings. The molecule has 2 fully saturated rings. The van der Waals surface area contributed by atoms with Crippen LogP contribution in [0, 0.1) is 0 Å². The number of amides is 3. The molecule has 0 atom stereocenters. The van der Waals surface area contributed by atoms with Gasteiger partial charge < -0.3 is 25.3 Å². The number of fused-ring (bicyclic) bond motifs is 2. The maximum Gasteiger partial charge on any atom is 0.320 e. The lowest BCUT2D eigenvalue weighted by Gasteiger charge is -2.35. The average Bonchev–Trinajstić information content (AvgIpc) is 3.88. The van der Waals surface area contributed by atoms with Crippen LogP contribution in [0.3, 0.4) is 0 Å². The predicted octanol–water partition coefficient (Wildman–Crippen LogP) is 8.04. The molecule has 0 spiro atoms. The molecular weight excluding hydrogens is 1020 g/mol. The Labute approximate surface area is 417 Å². The van der Waals surface area contributed by atoms with E-state index in [9.17, 15) is 19.2 Å². The SMILES string of the molecule is O=C(CN1CCN(CCNC(=O)c2c(/C=C/c3ccc(Cl)cc3)[nH]c3cc(Br)ccc23)CC1)OCC(=O)N1CCN(CCNC(=O)C2=C(/C=C/c3ccc(Cl)cc3)Cc3cc(Br)ccc32)CC1. The molecule has 0 radical (unpaired) electrons. The Kier molecular flexibility index (Phi) is 16.5. The first-order chi connectivity index (χ1) is 32.4. The minimum atomic E-state index is -0.425. The number of carbonyl (C=O) groups excluding carboxylic acids is 4. The van der Waals surface area contributed by atoms with E-state index in [1.165, 1.54) is 0 Å². The van der Waals surface area contributed by atoms with Crippen LogP contribution in [0.2, 0.25) is 10.0 Å². The Morgan fingerprint density at radius 3 is 1.88 bits per heavy atom. The molecule has 1 aromatic heterocycles. The Bertz CT molecular complexity index is 2710. The van der Waals surface area contributed by atoms with Crippen LogP contribution in [0.1, 0.15) is 38.3 Å². The lowest BCUT2D eigenvalue weighted by Crippen LogP contribution is -2.51. The van der Waals surface area contributed by atoms with Crippen molar-refractivity contribution in [2.75, 3.05) is 91.7 Å². The van der Waals surface area contributed by atoms with Crippen molar-refractivity contribution in [2.45, 2.75) is 6.42 Å². The van der Waals surface area contributed by atoms with Crippen molar-refractivity contribution in [3.63, 3.8) is 0 Å². The smallest absolute Gasteiger partial charge is 0.320 e. The topological polar surface area (TPSA) is 130 Å². The molecule has 3 amide bonds. The molecular formula is C51H51Br2Cl2N7O5. The average molecular weight is 1070 g/mol. The Hall–Kier alpha value is -5.06. The summed E-state index contributed by atoms with van der Waals surface area (Å²) < 4.78 is 7.32. The van der Waals surface area contributed by atoms with Crippen molar-refractivity contribution in [2.24, 2.45) is 0 Å². The van der Waals surface area contributed by atoms with Crippen LogP contribution < -0.4 is 10.6 Å². The van der Waals surface area contributed by atoms with E-state index < -0.39 is 5.97 Å². The zero-order valence-electron chi connectivity index (χ0n) is 36.8. The van der Waals surface area contributed by atoms with Crippen LogP contribution in [0.25, 0.3) is 34.7 Å². The first kappa shape index (κ1) is 48.4. The van der Waals surface area contributed by atoms with Gasteiger partial charge in [0.25, 0.3) is 17.7 Å². The summed E-state index contributed by atoms with van der Waals surface area (Å²) >= 11 is 19.2. The highest BCUT2D eigenvalue weighted by Crippen LogP contribution is 2.36. The van der Waals surface area contributed by atoms with Gasteiger partial charge >= 0.3 is 5.97 Å². The molecule has 3 N–H and O–H groups in total. The minimum Gasteiger partial charge on any atom is -0.455 e. The van der Waals surface area contributed by atoms with Crippen molar-refractivity contribution in [1.29, 1.82) is 0 Å². The molecule has 0 bridgehead atoms. The molecule has 348 valence electrons. The Balaban J connectivity index is 0.720. The van der Waals surface area contributed by atoms with E-state index in [0.29, 0.717) is 98.7 Å². The molecule has 12 nitrogen and oxygen atoms in total. The van der Waals surface area contributed by atoms with Gasteiger partial charge in [0.2, 0.25) is 0 Å². The molecule has 4 aromatic carbocycles. The normalized spacial score (nSPS) is 16.0. The molecule has 2 aliphatic heterocycles. The van der Waals surface area contributed by atoms with E-state index in [0.717, 1.165) is 60.8 Å². The van der Waals surface area contributed by atoms with E-state index in [-0.39, 0.29) is 30.9 Å². The quantitative estimate of drug-likeness (QED) is 0.0848. The number of allylic oxidation sites excluding steroid dienone is 2. The van der Waals surface area contributed by atoms with Gasteiger partial charge in [0.05, 0.1) is 23.4 Å².